The first-order chi connectivity index (χ1) is 8.16. The van der Waals surface area contributed by atoms with E-state index in [0.29, 0.717) is 11.5 Å². The van der Waals surface area contributed by atoms with Crippen LogP contribution in [0.5, 0.6) is 5.75 Å². The molecule has 17 heavy (non-hydrogen) atoms. The van der Waals surface area contributed by atoms with Crippen molar-refractivity contribution in [2.75, 3.05) is 0 Å². The van der Waals surface area contributed by atoms with Crippen LogP contribution in [0.1, 0.15) is 18.8 Å². The maximum atomic E-state index is 10.5. The number of benzene rings is 1. The summed E-state index contributed by atoms with van der Waals surface area (Å²) in [6.45, 7) is 1.81. The molecule has 0 fully saturated rings. The van der Waals surface area contributed by atoms with Gasteiger partial charge in [-0.05, 0) is 19.1 Å². The van der Waals surface area contributed by atoms with E-state index < -0.39 is 4.92 Å². The molecule has 0 N–H and O–H groups in total. The molecule has 0 bridgehead atoms. The lowest BCUT2D eigenvalue weighted by Gasteiger charge is -2.10. The van der Waals surface area contributed by atoms with Gasteiger partial charge >= 0.3 is 0 Å². The molecular weight excluding hydrogens is 224 g/mol. The molecule has 0 amide bonds. The van der Waals surface area contributed by atoms with Crippen molar-refractivity contribution in [2.45, 2.75) is 13.0 Å². The number of nitrogens with zero attached hydrogens (tertiary/aromatic N) is 2. The average molecular weight is 234 g/mol. The number of nitro groups is 1. The van der Waals surface area contributed by atoms with Crippen LogP contribution < -0.4 is 4.74 Å². The lowest BCUT2D eigenvalue weighted by molar-refractivity contribution is -0.384. The van der Waals surface area contributed by atoms with Crippen LogP contribution in [0.3, 0.4) is 0 Å². The minimum atomic E-state index is -0.455. The molecule has 2 aromatic rings. The van der Waals surface area contributed by atoms with E-state index in [4.69, 9.17) is 9.26 Å². The number of aromatic nitrogens is 1. The molecule has 88 valence electrons. The van der Waals surface area contributed by atoms with E-state index in [-0.39, 0.29) is 11.8 Å². The number of hydrogen-bond donors (Lipinski definition) is 0. The van der Waals surface area contributed by atoms with Crippen LogP contribution in [-0.4, -0.2) is 10.1 Å². The summed E-state index contributed by atoms with van der Waals surface area (Å²) in [4.78, 5) is 10.0. The predicted octanol–water partition coefficient (Wildman–Crippen LogP) is 2.72. The third-order valence-electron chi connectivity index (χ3n) is 2.22. The van der Waals surface area contributed by atoms with Gasteiger partial charge in [0.25, 0.3) is 5.69 Å². The van der Waals surface area contributed by atoms with Crippen molar-refractivity contribution in [2.24, 2.45) is 0 Å². The normalized spacial score (nSPS) is 12.1. The lowest BCUT2D eigenvalue weighted by atomic mass is 10.3. The highest BCUT2D eigenvalue weighted by molar-refractivity contribution is 5.36. The summed E-state index contributed by atoms with van der Waals surface area (Å²) >= 11 is 0. The molecule has 0 radical (unpaired) electrons. The fourth-order valence-electron chi connectivity index (χ4n) is 1.34. The fraction of sp³-hybridized carbons (Fsp3) is 0.182. The van der Waals surface area contributed by atoms with Crippen molar-refractivity contribution >= 4 is 5.69 Å². The first-order valence-electron chi connectivity index (χ1n) is 4.98. The lowest BCUT2D eigenvalue weighted by Crippen LogP contribution is -2.01. The van der Waals surface area contributed by atoms with Crippen LogP contribution in [0.25, 0.3) is 0 Å². The molecule has 0 spiro atoms. The van der Waals surface area contributed by atoms with Gasteiger partial charge in [0.2, 0.25) is 0 Å². The molecule has 0 saturated carbocycles. The summed E-state index contributed by atoms with van der Waals surface area (Å²) in [6.07, 6.45) is 1.24. The molecule has 0 aliphatic rings. The Kier molecular flexibility index (Phi) is 3.04. The predicted molar refractivity (Wildman–Crippen MR) is 58.6 cm³/mol. The zero-order valence-electron chi connectivity index (χ0n) is 9.07. The minimum Gasteiger partial charge on any atom is -0.483 e. The van der Waals surface area contributed by atoms with Gasteiger partial charge in [0.05, 0.1) is 11.1 Å². The van der Waals surface area contributed by atoms with E-state index in [1.54, 1.807) is 18.2 Å². The van der Waals surface area contributed by atoms with Gasteiger partial charge in [-0.25, -0.2) is 0 Å². The molecular formula is C11H10N2O4. The van der Waals surface area contributed by atoms with Gasteiger partial charge in [0, 0.05) is 18.2 Å². The first kappa shape index (κ1) is 11.1. The summed E-state index contributed by atoms with van der Waals surface area (Å²) in [7, 11) is 0. The Morgan fingerprint density at radius 2 is 2.06 bits per heavy atom. The Labute approximate surface area is 97.0 Å². The summed E-state index contributed by atoms with van der Waals surface area (Å²) in [6, 6.07) is 7.58. The first-order valence-corrected chi connectivity index (χ1v) is 4.98. The van der Waals surface area contributed by atoms with Crippen LogP contribution in [0.4, 0.5) is 5.69 Å². The molecule has 1 heterocycles. The Bertz CT molecular complexity index is 493. The van der Waals surface area contributed by atoms with Crippen LogP contribution in [0, 0.1) is 10.1 Å². The van der Waals surface area contributed by atoms with E-state index in [1.807, 2.05) is 6.92 Å². The number of rotatable bonds is 4. The molecule has 1 unspecified atom stereocenters. The second-order valence-corrected chi connectivity index (χ2v) is 3.43. The SMILES string of the molecule is CC(Oc1ccc([N+](=O)[O-])cc1)c1ccno1. The van der Waals surface area contributed by atoms with E-state index in [2.05, 4.69) is 5.16 Å². The van der Waals surface area contributed by atoms with E-state index in [1.165, 1.54) is 18.3 Å². The quantitative estimate of drug-likeness (QED) is 0.600. The van der Waals surface area contributed by atoms with Crippen LogP contribution in [-0.2, 0) is 0 Å². The molecule has 1 aromatic heterocycles. The van der Waals surface area contributed by atoms with Gasteiger partial charge in [-0.2, -0.15) is 0 Å². The summed E-state index contributed by atoms with van der Waals surface area (Å²) in [5, 5.41) is 14.0. The summed E-state index contributed by atoms with van der Waals surface area (Å²) < 4.78 is 10.5. The Morgan fingerprint density at radius 3 is 2.59 bits per heavy atom. The number of non-ortho nitro benzene ring substituents is 1. The van der Waals surface area contributed by atoms with Gasteiger partial charge in [0.15, 0.2) is 11.9 Å². The smallest absolute Gasteiger partial charge is 0.269 e. The van der Waals surface area contributed by atoms with Gasteiger partial charge < -0.3 is 9.26 Å². The van der Waals surface area contributed by atoms with Crippen molar-refractivity contribution < 1.29 is 14.2 Å². The maximum Gasteiger partial charge on any atom is 0.269 e. The topological polar surface area (TPSA) is 78.4 Å². The summed E-state index contributed by atoms with van der Waals surface area (Å²) in [5.74, 6) is 1.14. The van der Waals surface area contributed by atoms with Gasteiger partial charge in [-0.1, -0.05) is 5.16 Å². The van der Waals surface area contributed by atoms with Crippen LogP contribution >= 0.6 is 0 Å². The monoisotopic (exact) mass is 234 g/mol. The number of ether oxygens (including phenoxy) is 1. The third-order valence-corrected chi connectivity index (χ3v) is 2.22. The highest BCUT2D eigenvalue weighted by Gasteiger charge is 2.12. The third kappa shape index (κ3) is 2.60. The minimum absolute atomic E-state index is 0.0321. The molecule has 1 atom stereocenters. The highest BCUT2D eigenvalue weighted by atomic mass is 16.6. The van der Waals surface area contributed by atoms with E-state index in [0.717, 1.165) is 0 Å². The Morgan fingerprint density at radius 1 is 1.35 bits per heavy atom. The summed E-state index contributed by atoms with van der Waals surface area (Å²) in [5.41, 5.74) is 0.0321. The number of nitro benzene ring substituents is 1. The van der Waals surface area contributed by atoms with Gasteiger partial charge in [-0.15, -0.1) is 0 Å². The molecule has 6 heteroatoms. The maximum absolute atomic E-state index is 10.5. The molecule has 0 aliphatic heterocycles. The Hall–Kier alpha value is -2.37. The average Bonchev–Trinajstić information content (AvgIpc) is 2.83. The zero-order chi connectivity index (χ0) is 12.3. The second kappa shape index (κ2) is 4.65. The molecule has 0 saturated heterocycles. The van der Waals surface area contributed by atoms with Crippen LogP contribution in [0.15, 0.2) is 41.1 Å². The highest BCUT2D eigenvalue weighted by Crippen LogP contribution is 2.23. The largest absolute Gasteiger partial charge is 0.483 e. The molecule has 1 aromatic carbocycles. The van der Waals surface area contributed by atoms with Gasteiger partial charge in [0.1, 0.15) is 5.75 Å². The molecule has 2 rings (SSSR count). The van der Waals surface area contributed by atoms with Crippen molar-refractivity contribution in [3.63, 3.8) is 0 Å². The van der Waals surface area contributed by atoms with E-state index in [9.17, 15) is 10.1 Å². The zero-order valence-corrected chi connectivity index (χ0v) is 9.07. The standard InChI is InChI=1S/C11H10N2O4/c1-8(11-6-7-12-17-11)16-10-4-2-9(3-5-10)13(14)15/h2-8H,1H3. The fourth-order valence-corrected chi connectivity index (χ4v) is 1.34. The van der Waals surface area contributed by atoms with Crippen LogP contribution in [0.2, 0.25) is 0 Å². The van der Waals surface area contributed by atoms with Crippen molar-refractivity contribution in [1.82, 2.24) is 5.16 Å². The second-order valence-electron chi connectivity index (χ2n) is 3.43. The molecule has 0 aliphatic carbocycles. The van der Waals surface area contributed by atoms with Crippen molar-refractivity contribution in [1.29, 1.82) is 0 Å². The van der Waals surface area contributed by atoms with Crippen molar-refractivity contribution in [3.05, 3.63) is 52.4 Å². The van der Waals surface area contributed by atoms with E-state index >= 15 is 0 Å². The molecule has 6 nitrogen and oxygen atoms in total. The van der Waals surface area contributed by atoms with Crippen molar-refractivity contribution in [3.8, 4) is 5.75 Å². The van der Waals surface area contributed by atoms with Gasteiger partial charge in [-0.3, -0.25) is 10.1 Å². The number of hydrogen-bond acceptors (Lipinski definition) is 5. The Balaban J connectivity index is 2.06.